The first-order valence-corrected chi connectivity index (χ1v) is 6.17. The summed E-state index contributed by atoms with van der Waals surface area (Å²) in [6.07, 6.45) is 0. The molecule has 0 radical (unpaired) electrons. The quantitative estimate of drug-likeness (QED) is 0.634. The molecule has 0 unspecified atom stereocenters. The number of nitrogens with zero attached hydrogens (tertiary/aromatic N) is 2. The molecule has 0 amide bonds. The summed E-state index contributed by atoms with van der Waals surface area (Å²) in [5.74, 6) is 2.34. The second-order valence-electron chi connectivity index (χ2n) is 3.55. The van der Waals surface area contributed by atoms with Gasteiger partial charge in [0.25, 0.3) is 0 Å². The minimum Gasteiger partial charge on any atom is -0.330 e. The van der Waals surface area contributed by atoms with Crippen LogP contribution < -0.4 is 5.73 Å². The summed E-state index contributed by atoms with van der Waals surface area (Å²) in [7, 11) is 2.19. The molecule has 0 bridgehead atoms. The normalized spacial score (nSPS) is 20.8. The molecule has 3 nitrogen and oxygen atoms in total. The fourth-order valence-electron chi connectivity index (χ4n) is 1.45. The second kappa shape index (κ2) is 6.65. The molecule has 0 atom stereocenters. The molecule has 4 heteroatoms. The Balaban J connectivity index is 1.96. The van der Waals surface area contributed by atoms with Crippen LogP contribution in [0.5, 0.6) is 0 Å². The number of piperazine rings is 1. The van der Waals surface area contributed by atoms with Crippen molar-refractivity contribution in [3.63, 3.8) is 0 Å². The number of hydrogen-bond donors (Lipinski definition) is 1. The Hall–Kier alpha value is 0.230. The highest BCUT2D eigenvalue weighted by molar-refractivity contribution is 7.99. The Kier molecular flexibility index (Phi) is 5.78. The van der Waals surface area contributed by atoms with Crippen LogP contribution in [0.25, 0.3) is 0 Å². The monoisotopic (exact) mass is 203 g/mol. The van der Waals surface area contributed by atoms with Crippen LogP contribution in [0.4, 0.5) is 0 Å². The Morgan fingerprint density at radius 1 is 1.15 bits per heavy atom. The van der Waals surface area contributed by atoms with E-state index < -0.39 is 0 Å². The third-order valence-electron chi connectivity index (χ3n) is 2.41. The third-order valence-corrected chi connectivity index (χ3v) is 3.41. The van der Waals surface area contributed by atoms with Gasteiger partial charge in [0.15, 0.2) is 0 Å². The molecule has 1 aliphatic heterocycles. The second-order valence-corrected chi connectivity index (χ2v) is 4.77. The van der Waals surface area contributed by atoms with Crippen molar-refractivity contribution >= 4 is 11.8 Å². The number of thioether (sulfide) groups is 1. The predicted molar refractivity (Wildman–Crippen MR) is 60.3 cm³/mol. The van der Waals surface area contributed by atoms with Crippen LogP contribution in [0.1, 0.15) is 0 Å². The topological polar surface area (TPSA) is 32.5 Å². The van der Waals surface area contributed by atoms with Crippen molar-refractivity contribution < 1.29 is 0 Å². The van der Waals surface area contributed by atoms with Gasteiger partial charge >= 0.3 is 0 Å². The molecule has 1 aliphatic rings. The van der Waals surface area contributed by atoms with Gasteiger partial charge in [-0.1, -0.05) is 0 Å². The van der Waals surface area contributed by atoms with Crippen molar-refractivity contribution in [1.82, 2.24) is 9.80 Å². The molecule has 0 aromatic heterocycles. The molecule has 0 aliphatic carbocycles. The molecular formula is C9H21N3S. The summed E-state index contributed by atoms with van der Waals surface area (Å²) in [6.45, 7) is 6.97. The van der Waals surface area contributed by atoms with E-state index in [9.17, 15) is 0 Å². The van der Waals surface area contributed by atoms with Crippen LogP contribution in [0.15, 0.2) is 0 Å². The number of rotatable bonds is 5. The van der Waals surface area contributed by atoms with Crippen molar-refractivity contribution in [3.05, 3.63) is 0 Å². The van der Waals surface area contributed by atoms with E-state index in [1.54, 1.807) is 0 Å². The minimum atomic E-state index is 0.813. The Morgan fingerprint density at radius 2 is 1.85 bits per heavy atom. The average Bonchev–Trinajstić information content (AvgIpc) is 2.15. The molecule has 0 spiro atoms. The summed E-state index contributed by atoms with van der Waals surface area (Å²) in [5, 5.41) is 0. The van der Waals surface area contributed by atoms with E-state index in [1.165, 1.54) is 38.5 Å². The lowest BCUT2D eigenvalue weighted by atomic mass is 10.3. The maximum Gasteiger partial charge on any atom is 0.0110 e. The number of hydrogen-bond acceptors (Lipinski definition) is 4. The third kappa shape index (κ3) is 4.86. The van der Waals surface area contributed by atoms with Gasteiger partial charge in [-0.05, 0) is 7.05 Å². The average molecular weight is 203 g/mol. The van der Waals surface area contributed by atoms with E-state index in [1.807, 2.05) is 11.8 Å². The summed E-state index contributed by atoms with van der Waals surface area (Å²) in [4.78, 5) is 4.94. The van der Waals surface area contributed by atoms with E-state index in [0.29, 0.717) is 0 Å². The van der Waals surface area contributed by atoms with Crippen LogP contribution in [0, 0.1) is 0 Å². The Morgan fingerprint density at radius 3 is 2.46 bits per heavy atom. The van der Waals surface area contributed by atoms with Crippen LogP contribution in [0.3, 0.4) is 0 Å². The molecule has 0 aromatic carbocycles. The van der Waals surface area contributed by atoms with Gasteiger partial charge in [0.2, 0.25) is 0 Å². The summed E-state index contributed by atoms with van der Waals surface area (Å²) < 4.78 is 0. The molecule has 78 valence electrons. The van der Waals surface area contributed by atoms with Gasteiger partial charge < -0.3 is 10.6 Å². The van der Waals surface area contributed by atoms with Gasteiger partial charge in [-0.3, -0.25) is 4.90 Å². The van der Waals surface area contributed by atoms with E-state index in [0.717, 1.165) is 12.3 Å². The van der Waals surface area contributed by atoms with Crippen LogP contribution in [0.2, 0.25) is 0 Å². The highest BCUT2D eigenvalue weighted by Gasteiger charge is 2.12. The molecule has 1 rings (SSSR count). The van der Waals surface area contributed by atoms with Gasteiger partial charge in [0.05, 0.1) is 0 Å². The summed E-state index contributed by atoms with van der Waals surface area (Å²) in [5.41, 5.74) is 5.42. The molecule has 13 heavy (non-hydrogen) atoms. The molecule has 2 N–H and O–H groups in total. The van der Waals surface area contributed by atoms with Crippen LogP contribution in [-0.2, 0) is 0 Å². The van der Waals surface area contributed by atoms with Crippen molar-refractivity contribution in [2.45, 2.75) is 0 Å². The van der Waals surface area contributed by atoms with Crippen molar-refractivity contribution in [2.75, 3.05) is 57.8 Å². The first kappa shape index (κ1) is 11.3. The summed E-state index contributed by atoms with van der Waals surface area (Å²) >= 11 is 1.97. The van der Waals surface area contributed by atoms with E-state index in [4.69, 9.17) is 5.73 Å². The Bertz CT molecular complexity index is 124. The van der Waals surface area contributed by atoms with Gasteiger partial charge in [-0.15, -0.1) is 0 Å². The highest BCUT2D eigenvalue weighted by atomic mass is 32.2. The zero-order chi connectivity index (χ0) is 9.52. The maximum absolute atomic E-state index is 5.42. The van der Waals surface area contributed by atoms with Crippen molar-refractivity contribution in [3.8, 4) is 0 Å². The molecule has 1 fully saturated rings. The number of nitrogens with two attached hydrogens (primary N) is 1. The lowest BCUT2D eigenvalue weighted by Gasteiger charge is -2.32. The largest absolute Gasteiger partial charge is 0.330 e. The molecule has 1 heterocycles. The van der Waals surface area contributed by atoms with Crippen LogP contribution in [-0.4, -0.2) is 67.6 Å². The lowest BCUT2D eigenvalue weighted by Crippen LogP contribution is -2.45. The van der Waals surface area contributed by atoms with Crippen molar-refractivity contribution in [1.29, 1.82) is 0 Å². The smallest absolute Gasteiger partial charge is 0.0110 e. The molecular weight excluding hydrogens is 182 g/mol. The zero-order valence-electron chi connectivity index (χ0n) is 8.54. The fraction of sp³-hybridized carbons (Fsp3) is 1.00. The molecule has 1 saturated heterocycles. The molecule has 0 aromatic rings. The first-order chi connectivity index (χ1) is 6.33. The fourth-order valence-corrected chi connectivity index (χ4v) is 2.21. The zero-order valence-corrected chi connectivity index (χ0v) is 9.35. The molecule has 0 saturated carbocycles. The van der Waals surface area contributed by atoms with Gasteiger partial charge in [-0.2, -0.15) is 11.8 Å². The van der Waals surface area contributed by atoms with Crippen molar-refractivity contribution in [2.24, 2.45) is 5.73 Å². The minimum absolute atomic E-state index is 0.813. The van der Waals surface area contributed by atoms with E-state index in [-0.39, 0.29) is 0 Å². The van der Waals surface area contributed by atoms with E-state index >= 15 is 0 Å². The van der Waals surface area contributed by atoms with Gasteiger partial charge in [0, 0.05) is 50.8 Å². The maximum atomic E-state index is 5.42. The number of likely N-dealkylation sites (N-methyl/N-ethyl adjacent to an activating group) is 1. The highest BCUT2D eigenvalue weighted by Crippen LogP contribution is 2.03. The predicted octanol–water partition coefficient (Wildman–Crippen LogP) is -0.0743. The van der Waals surface area contributed by atoms with E-state index in [2.05, 4.69) is 16.8 Å². The van der Waals surface area contributed by atoms with Crippen LogP contribution >= 0.6 is 11.8 Å². The SMILES string of the molecule is CN1CCN(CCSCCN)CC1. The lowest BCUT2D eigenvalue weighted by molar-refractivity contribution is 0.161. The summed E-state index contributed by atoms with van der Waals surface area (Å²) in [6, 6.07) is 0. The first-order valence-electron chi connectivity index (χ1n) is 5.01. The standard InChI is InChI=1S/C9H21N3S/c1-11-3-5-12(6-4-11)7-9-13-8-2-10/h2-10H2,1H3. The Labute approximate surface area is 85.6 Å². The van der Waals surface area contributed by atoms with Gasteiger partial charge in [0.1, 0.15) is 0 Å². The van der Waals surface area contributed by atoms with Gasteiger partial charge in [-0.25, -0.2) is 0 Å².